The molecule has 18 heavy (non-hydrogen) atoms. The summed E-state index contributed by atoms with van der Waals surface area (Å²) in [4.78, 5) is 10.8. The first-order valence-electron chi connectivity index (χ1n) is 4.83. The number of halogens is 3. The number of aromatic nitrogens is 2. The van der Waals surface area contributed by atoms with Gasteiger partial charge in [-0.2, -0.15) is 5.10 Å². The SMILES string of the molecule is Cn1nc(C(=O)O)cc1-c1c(F)ccc(Cl)c1Br. The number of benzene rings is 1. The molecule has 0 spiro atoms. The Labute approximate surface area is 115 Å². The number of rotatable bonds is 2. The van der Waals surface area contributed by atoms with Gasteiger partial charge in [-0.1, -0.05) is 11.6 Å². The maximum absolute atomic E-state index is 13.8. The van der Waals surface area contributed by atoms with E-state index in [0.29, 0.717) is 15.2 Å². The highest BCUT2D eigenvalue weighted by Crippen LogP contribution is 2.36. The quantitative estimate of drug-likeness (QED) is 0.858. The van der Waals surface area contributed by atoms with E-state index in [2.05, 4.69) is 21.0 Å². The van der Waals surface area contributed by atoms with E-state index in [0.717, 1.165) is 0 Å². The molecule has 0 aliphatic rings. The lowest BCUT2D eigenvalue weighted by molar-refractivity contribution is 0.0689. The Morgan fingerprint density at radius 1 is 1.56 bits per heavy atom. The summed E-state index contributed by atoms with van der Waals surface area (Å²) < 4.78 is 15.5. The monoisotopic (exact) mass is 332 g/mol. The van der Waals surface area contributed by atoms with Crippen LogP contribution in [0.2, 0.25) is 5.02 Å². The third-order valence-corrected chi connectivity index (χ3v) is 3.77. The predicted octanol–water partition coefficient (Wildman–Crippen LogP) is 3.34. The van der Waals surface area contributed by atoms with E-state index in [1.807, 2.05) is 0 Å². The molecule has 0 saturated carbocycles. The summed E-state index contributed by atoms with van der Waals surface area (Å²) in [6.45, 7) is 0. The molecule has 0 saturated heterocycles. The average Bonchev–Trinajstić information content (AvgIpc) is 2.67. The maximum Gasteiger partial charge on any atom is 0.356 e. The minimum absolute atomic E-state index is 0.154. The van der Waals surface area contributed by atoms with E-state index in [9.17, 15) is 9.18 Å². The Kier molecular flexibility index (Phi) is 3.41. The molecule has 0 radical (unpaired) electrons. The van der Waals surface area contributed by atoms with Crippen molar-refractivity contribution in [1.29, 1.82) is 0 Å². The highest BCUT2D eigenvalue weighted by molar-refractivity contribution is 9.10. The van der Waals surface area contributed by atoms with Gasteiger partial charge in [-0.3, -0.25) is 4.68 Å². The molecule has 0 fully saturated rings. The number of aromatic carboxylic acids is 1. The van der Waals surface area contributed by atoms with Gasteiger partial charge >= 0.3 is 5.97 Å². The summed E-state index contributed by atoms with van der Waals surface area (Å²) in [6.07, 6.45) is 0. The molecule has 94 valence electrons. The number of carboxylic acids is 1. The van der Waals surface area contributed by atoms with E-state index >= 15 is 0 Å². The van der Waals surface area contributed by atoms with Crippen LogP contribution < -0.4 is 0 Å². The van der Waals surface area contributed by atoms with Crippen LogP contribution in [0.1, 0.15) is 10.5 Å². The molecule has 2 aromatic rings. The van der Waals surface area contributed by atoms with Crippen LogP contribution in [-0.2, 0) is 7.05 Å². The molecule has 2 rings (SSSR count). The van der Waals surface area contributed by atoms with Crippen molar-refractivity contribution in [3.63, 3.8) is 0 Å². The summed E-state index contributed by atoms with van der Waals surface area (Å²) in [5.74, 6) is -1.68. The molecular formula is C11H7BrClFN2O2. The molecule has 1 N–H and O–H groups in total. The minimum atomic E-state index is -1.17. The van der Waals surface area contributed by atoms with Gasteiger partial charge in [0.2, 0.25) is 0 Å². The fourth-order valence-corrected chi connectivity index (χ4v) is 2.25. The zero-order valence-electron chi connectivity index (χ0n) is 9.12. The number of hydrogen-bond donors (Lipinski definition) is 1. The summed E-state index contributed by atoms with van der Waals surface area (Å²) in [5, 5.41) is 13.0. The second kappa shape index (κ2) is 4.70. The first-order valence-corrected chi connectivity index (χ1v) is 6.00. The number of carbonyl (C=O) groups is 1. The number of hydrogen-bond acceptors (Lipinski definition) is 2. The fraction of sp³-hybridized carbons (Fsp3) is 0.0909. The van der Waals surface area contributed by atoms with Crippen molar-refractivity contribution in [2.24, 2.45) is 7.05 Å². The molecule has 0 atom stereocenters. The lowest BCUT2D eigenvalue weighted by Gasteiger charge is -2.07. The third kappa shape index (κ3) is 2.13. The topological polar surface area (TPSA) is 55.1 Å². The van der Waals surface area contributed by atoms with Gasteiger partial charge in [0.15, 0.2) is 5.69 Å². The zero-order valence-corrected chi connectivity index (χ0v) is 11.5. The van der Waals surface area contributed by atoms with E-state index < -0.39 is 11.8 Å². The molecule has 0 amide bonds. The lowest BCUT2D eigenvalue weighted by Crippen LogP contribution is -2.00. The van der Waals surface area contributed by atoms with Gasteiger partial charge in [-0.05, 0) is 34.1 Å². The van der Waals surface area contributed by atoms with Crippen molar-refractivity contribution in [3.05, 3.63) is 39.2 Å². The molecule has 4 nitrogen and oxygen atoms in total. The largest absolute Gasteiger partial charge is 0.476 e. The van der Waals surface area contributed by atoms with Gasteiger partial charge in [-0.25, -0.2) is 9.18 Å². The standard InChI is InChI=1S/C11H7BrClFN2O2/c1-16-8(4-7(15-16)11(17)18)9-6(14)3-2-5(13)10(9)12/h2-4H,1H3,(H,17,18). The molecule has 0 aliphatic heterocycles. The van der Waals surface area contributed by atoms with Gasteiger partial charge in [-0.15, -0.1) is 0 Å². The average molecular weight is 334 g/mol. The van der Waals surface area contributed by atoms with Crippen LogP contribution in [0.15, 0.2) is 22.7 Å². The molecular weight excluding hydrogens is 326 g/mol. The highest BCUT2D eigenvalue weighted by Gasteiger charge is 2.19. The minimum Gasteiger partial charge on any atom is -0.476 e. The van der Waals surface area contributed by atoms with Crippen molar-refractivity contribution >= 4 is 33.5 Å². The molecule has 0 aliphatic carbocycles. The van der Waals surface area contributed by atoms with Crippen LogP contribution >= 0.6 is 27.5 Å². The van der Waals surface area contributed by atoms with E-state index in [1.54, 1.807) is 0 Å². The summed E-state index contributed by atoms with van der Waals surface area (Å²) in [6, 6.07) is 3.93. The van der Waals surface area contributed by atoms with Gasteiger partial charge in [0, 0.05) is 11.5 Å². The molecule has 7 heteroatoms. The van der Waals surface area contributed by atoms with E-state index in [-0.39, 0.29) is 11.3 Å². The lowest BCUT2D eigenvalue weighted by atomic mass is 10.1. The Morgan fingerprint density at radius 2 is 2.22 bits per heavy atom. The zero-order chi connectivity index (χ0) is 13.4. The number of carboxylic acid groups (broad SMARTS) is 1. The molecule has 0 bridgehead atoms. The van der Waals surface area contributed by atoms with Crippen LogP contribution in [0.5, 0.6) is 0 Å². The Hall–Kier alpha value is -1.40. The second-order valence-corrected chi connectivity index (χ2v) is 4.76. The fourth-order valence-electron chi connectivity index (χ4n) is 1.57. The molecule has 1 aromatic carbocycles. The van der Waals surface area contributed by atoms with Crippen molar-refractivity contribution in [2.45, 2.75) is 0 Å². The van der Waals surface area contributed by atoms with E-state index in [1.165, 1.54) is 29.9 Å². The molecule has 1 aromatic heterocycles. The van der Waals surface area contributed by atoms with Crippen molar-refractivity contribution < 1.29 is 14.3 Å². The smallest absolute Gasteiger partial charge is 0.356 e. The first-order chi connectivity index (χ1) is 8.41. The van der Waals surface area contributed by atoms with Crippen LogP contribution in [-0.4, -0.2) is 20.9 Å². The summed E-state index contributed by atoms with van der Waals surface area (Å²) >= 11 is 9.09. The summed E-state index contributed by atoms with van der Waals surface area (Å²) in [7, 11) is 1.54. The van der Waals surface area contributed by atoms with Crippen LogP contribution in [0.3, 0.4) is 0 Å². The Balaban J connectivity index is 2.69. The normalized spacial score (nSPS) is 10.7. The molecule has 0 unspecified atom stereocenters. The van der Waals surface area contributed by atoms with E-state index in [4.69, 9.17) is 16.7 Å². The number of aryl methyl sites for hydroxylation is 1. The highest BCUT2D eigenvalue weighted by atomic mass is 79.9. The first kappa shape index (κ1) is 13.0. The number of nitrogens with zero attached hydrogens (tertiary/aromatic N) is 2. The van der Waals surface area contributed by atoms with Crippen LogP contribution in [0.25, 0.3) is 11.3 Å². The van der Waals surface area contributed by atoms with Gasteiger partial charge in [0.05, 0.1) is 16.3 Å². The predicted molar refractivity (Wildman–Crippen MR) is 68.3 cm³/mol. The second-order valence-electron chi connectivity index (χ2n) is 3.56. The van der Waals surface area contributed by atoms with Gasteiger partial charge < -0.3 is 5.11 Å². The summed E-state index contributed by atoms with van der Waals surface area (Å²) in [5.41, 5.74) is 0.364. The van der Waals surface area contributed by atoms with Crippen molar-refractivity contribution in [1.82, 2.24) is 9.78 Å². The Bertz CT molecular complexity index is 642. The van der Waals surface area contributed by atoms with Gasteiger partial charge in [0.1, 0.15) is 5.82 Å². The Morgan fingerprint density at radius 3 is 2.78 bits per heavy atom. The van der Waals surface area contributed by atoms with Crippen LogP contribution in [0, 0.1) is 5.82 Å². The van der Waals surface area contributed by atoms with Crippen molar-refractivity contribution in [2.75, 3.05) is 0 Å². The van der Waals surface area contributed by atoms with Crippen LogP contribution in [0.4, 0.5) is 4.39 Å². The van der Waals surface area contributed by atoms with Gasteiger partial charge in [0.25, 0.3) is 0 Å². The third-order valence-electron chi connectivity index (χ3n) is 2.40. The maximum atomic E-state index is 13.8. The van der Waals surface area contributed by atoms with Crippen molar-refractivity contribution in [3.8, 4) is 11.3 Å². The molecule has 1 heterocycles.